The van der Waals surface area contributed by atoms with Crippen molar-refractivity contribution in [1.82, 2.24) is 20.3 Å². The van der Waals surface area contributed by atoms with Gasteiger partial charge in [0.05, 0.1) is 22.6 Å². The van der Waals surface area contributed by atoms with E-state index < -0.39 is 0 Å². The Morgan fingerprint density at radius 3 is 2.68 bits per heavy atom. The monoisotopic (exact) mass is 477 g/mol. The SMILES string of the molecule is O=C(c1ccc(Oc2ccccc2)cc1Cl)c1c[nH]c2ncnc(NCC3CCC(CO)N3)c12. The number of benzene rings is 2. The van der Waals surface area contributed by atoms with Gasteiger partial charge < -0.3 is 25.5 Å². The molecule has 2 aromatic carbocycles. The predicted octanol–water partition coefficient (Wildman–Crippen LogP) is 4.16. The second-order valence-corrected chi connectivity index (χ2v) is 8.64. The van der Waals surface area contributed by atoms with E-state index in [2.05, 4.69) is 25.6 Å². The average Bonchev–Trinajstić information content (AvgIpc) is 3.50. The van der Waals surface area contributed by atoms with Crippen molar-refractivity contribution >= 4 is 34.2 Å². The van der Waals surface area contributed by atoms with Crippen LogP contribution in [0.1, 0.15) is 28.8 Å². The number of ether oxygens (including phenoxy) is 1. The minimum absolute atomic E-state index is 0.123. The van der Waals surface area contributed by atoms with Crippen LogP contribution in [0.3, 0.4) is 0 Å². The number of carbonyl (C=O) groups is 1. The van der Waals surface area contributed by atoms with Crippen LogP contribution in [0.5, 0.6) is 11.5 Å². The van der Waals surface area contributed by atoms with Crippen LogP contribution in [0.4, 0.5) is 5.82 Å². The Morgan fingerprint density at radius 1 is 1.09 bits per heavy atom. The van der Waals surface area contributed by atoms with Crippen molar-refractivity contribution in [2.24, 2.45) is 0 Å². The molecule has 1 fully saturated rings. The number of aromatic nitrogens is 3. The number of aliphatic hydroxyl groups excluding tert-OH is 1. The third-order valence-electron chi connectivity index (χ3n) is 5.95. The molecule has 2 aromatic heterocycles. The second kappa shape index (κ2) is 9.80. The maximum absolute atomic E-state index is 13.4. The molecule has 8 nitrogen and oxygen atoms in total. The molecule has 5 rings (SSSR count). The number of nitrogens with zero attached hydrogens (tertiary/aromatic N) is 2. The number of hydrogen-bond donors (Lipinski definition) is 4. The number of halogens is 1. The normalized spacial score (nSPS) is 17.7. The van der Waals surface area contributed by atoms with E-state index in [1.165, 1.54) is 6.33 Å². The number of fused-ring (bicyclic) bond motifs is 1. The summed E-state index contributed by atoms with van der Waals surface area (Å²) in [7, 11) is 0. The van der Waals surface area contributed by atoms with Crippen LogP contribution in [0.25, 0.3) is 11.0 Å². The highest BCUT2D eigenvalue weighted by molar-refractivity contribution is 6.35. The number of H-pyrrole nitrogens is 1. The highest BCUT2D eigenvalue weighted by Gasteiger charge is 2.24. The van der Waals surface area contributed by atoms with Crippen LogP contribution in [0, 0.1) is 0 Å². The first-order valence-corrected chi connectivity index (χ1v) is 11.5. The van der Waals surface area contributed by atoms with Gasteiger partial charge in [-0.1, -0.05) is 29.8 Å². The van der Waals surface area contributed by atoms with Gasteiger partial charge in [-0.25, -0.2) is 9.97 Å². The van der Waals surface area contributed by atoms with Crippen LogP contribution in [0.2, 0.25) is 5.02 Å². The van der Waals surface area contributed by atoms with Crippen LogP contribution >= 0.6 is 11.6 Å². The fourth-order valence-electron chi connectivity index (χ4n) is 4.22. The Hall–Kier alpha value is -3.46. The summed E-state index contributed by atoms with van der Waals surface area (Å²) in [6.07, 6.45) is 4.97. The molecular weight excluding hydrogens is 454 g/mol. The molecule has 0 radical (unpaired) electrons. The van der Waals surface area contributed by atoms with Gasteiger partial charge in [-0.15, -0.1) is 0 Å². The fraction of sp³-hybridized carbons (Fsp3) is 0.240. The van der Waals surface area contributed by atoms with Crippen LogP contribution in [-0.2, 0) is 0 Å². The Bertz CT molecular complexity index is 1310. The number of nitrogens with one attached hydrogen (secondary N) is 3. The van der Waals surface area contributed by atoms with Crippen molar-refractivity contribution in [3.63, 3.8) is 0 Å². The lowest BCUT2D eigenvalue weighted by Gasteiger charge is -2.15. The van der Waals surface area contributed by atoms with E-state index >= 15 is 0 Å². The van der Waals surface area contributed by atoms with Gasteiger partial charge in [-0.3, -0.25) is 4.79 Å². The van der Waals surface area contributed by atoms with Gasteiger partial charge >= 0.3 is 0 Å². The number of carbonyl (C=O) groups excluding carboxylic acids is 1. The number of aliphatic hydroxyl groups is 1. The summed E-state index contributed by atoms with van der Waals surface area (Å²) >= 11 is 6.49. The highest BCUT2D eigenvalue weighted by Crippen LogP contribution is 2.31. The molecule has 0 amide bonds. The molecule has 4 aromatic rings. The Morgan fingerprint density at radius 2 is 1.91 bits per heavy atom. The van der Waals surface area contributed by atoms with Crippen molar-refractivity contribution in [3.05, 3.63) is 77.2 Å². The Kier molecular flexibility index (Phi) is 6.44. The lowest BCUT2D eigenvalue weighted by molar-refractivity contribution is 0.104. The molecule has 34 heavy (non-hydrogen) atoms. The van der Waals surface area contributed by atoms with Crippen molar-refractivity contribution in [2.45, 2.75) is 24.9 Å². The second-order valence-electron chi connectivity index (χ2n) is 8.24. The van der Waals surface area contributed by atoms with Crippen molar-refractivity contribution in [2.75, 3.05) is 18.5 Å². The Labute approximate surface area is 201 Å². The van der Waals surface area contributed by atoms with Gasteiger partial charge in [0.2, 0.25) is 0 Å². The minimum Gasteiger partial charge on any atom is -0.457 e. The van der Waals surface area contributed by atoms with E-state index in [1.807, 2.05) is 30.3 Å². The van der Waals surface area contributed by atoms with Gasteiger partial charge in [-0.05, 0) is 37.1 Å². The molecule has 1 aliphatic heterocycles. The predicted molar refractivity (Wildman–Crippen MR) is 131 cm³/mol. The van der Waals surface area contributed by atoms with Crippen LogP contribution < -0.4 is 15.4 Å². The zero-order valence-electron chi connectivity index (χ0n) is 18.3. The first kappa shape index (κ1) is 22.3. The molecule has 2 unspecified atom stereocenters. The van der Waals surface area contributed by atoms with E-state index in [1.54, 1.807) is 24.4 Å². The quantitative estimate of drug-likeness (QED) is 0.282. The van der Waals surface area contributed by atoms with Gasteiger partial charge in [0.15, 0.2) is 5.78 Å². The molecule has 9 heteroatoms. The summed E-state index contributed by atoms with van der Waals surface area (Å²) < 4.78 is 5.82. The lowest BCUT2D eigenvalue weighted by atomic mass is 10.0. The smallest absolute Gasteiger partial charge is 0.196 e. The molecule has 1 aliphatic rings. The number of aromatic amines is 1. The average molecular weight is 478 g/mol. The van der Waals surface area contributed by atoms with Gasteiger partial charge in [0.1, 0.15) is 29.3 Å². The van der Waals surface area contributed by atoms with Crippen LogP contribution in [-0.4, -0.2) is 51.1 Å². The van der Waals surface area contributed by atoms with E-state index in [4.69, 9.17) is 16.3 Å². The highest BCUT2D eigenvalue weighted by atomic mass is 35.5. The third kappa shape index (κ3) is 4.61. The molecule has 1 saturated heterocycles. The molecule has 2 atom stereocenters. The maximum Gasteiger partial charge on any atom is 0.196 e. The minimum atomic E-state index is -0.236. The molecule has 0 aliphatic carbocycles. The summed E-state index contributed by atoms with van der Waals surface area (Å²) in [5.74, 6) is 1.57. The summed E-state index contributed by atoms with van der Waals surface area (Å²) in [5, 5.41) is 17.0. The molecule has 4 N–H and O–H groups in total. The summed E-state index contributed by atoms with van der Waals surface area (Å²) in [6, 6.07) is 14.7. The van der Waals surface area contributed by atoms with Gasteiger partial charge in [0.25, 0.3) is 0 Å². The topological polar surface area (TPSA) is 112 Å². The molecule has 0 bridgehead atoms. The van der Waals surface area contributed by atoms with Crippen molar-refractivity contribution in [1.29, 1.82) is 0 Å². The van der Waals surface area contributed by atoms with E-state index in [0.29, 0.717) is 51.0 Å². The maximum atomic E-state index is 13.4. The van der Waals surface area contributed by atoms with E-state index in [0.717, 1.165) is 12.8 Å². The molecule has 174 valence electrons. The number of anilines is 1. The lowest BCUT2D eigenvalue weighted by Crippen LogP contribution is -2.36. The first-order chi connectivity index (χ1) is 16.6. The van der Waals surface area contributed by atoms with Gasteiger partial charge in [0, 0.05) is 36.5 Å². The number of hydrogen-bond acceptors (Lipinski definition) is 7. The number of rotatable bonds is 8. The molecule has 3 heterocycles. The third-order valence-corrected chi connectivity index (χ3v) is 6.26. The first-order valence-electron chi connectivity index (χ1n) is 11.1. The number of ketones is 1. The van der Waals surface area contributed by atoms with Crippen molar-refractivity contribution in [3.8, 4) is 11.5 Å². The Balaban J connectivity index is 1.38. The van der Waals surface area contributed by atoms with Gasteiger partial charge in [-0.2, -0.15) is 0 Å². The van der Waals surface area contributed by atoms with E-state index in [9.17, 15) is 9.90 Å². The largest absolute Gasteiger partial charge is 0.457 e. The molecular formula is C25H24ClN5O3. The zero-order chi connectivity index (χ0) is 23.5. The summed E-state index contributed by atoms with van der Waals surface area (Å²) in [4.78, 5) is 25.1. The zero-order valence-corrected chi connectivity index (χ0v) is 19.0. The molecule has 0 spiro atoms. The van der Waals surface area contributed by atoms with E-state index in [-0.39, 0.29) is 24.5 Å². The molecule has 0 saturated carbocycles. The standard InChI is InChI=1S/C25H24ClN5O3/c26-21-10-18(34-17-4-2-1-3-5-17)8-9-19(21)23(33)20-12-28-25-22(20)24(29-14-30-25)27-11-15-6-7-16(13-32)31-15/h1-5,8-10,12,14-16,31-32H,6-7,11,13H2,(H2,27,28,29,30). The summed E-state index contributed by atoms with van der Waals surface area (Å²) in [5.41, 5.74) is 1.36. The van der Waals surface area contributed by atoms with Crippen molar-refractivity contribution < 1.29 is 14.6 Å². The summed E-state index contributed by atoms with van der Waals surface area (Å²) in [6.45, 7) is 0.744. The fourth-order valence-corrected chi connectivity index (χ4v) is 4.47. The van der Waals surface area contributed by atoms with Crippen LogP contribution in [0.15, 0.2) is 61.1 Å². The number of para-hydroxylation sites is 1.